The number of aliphatic hydroxyl groups excluding tert-OH is 1. The summed E-state index contributed by atoms with van der Waals surface area (Å²) in [5, 5.41) is 8.78. The Balaban J connectivity index is 4.27. The van der Waals surface area contributed by atoms with Crippen LogP contribution < -0.4 is 0 Å². The fourth-order valence-corrected chi connectivity index (χ4v) is 7.48. The van der Waals surface area contributed by atoms with Gasteiger partial charge in [0.25, 0.3) is 0 Å². The first-order chi connectivity index (χ1) is 5.37. The summed E-state index contributed by atoms with van der Waals surface area (Å²) >= 11 is 0. The molecule has 0 saturated heterocycles. The van der Waals surface area contributed by atoms with Crippen molar-refractivity contribution in [2.75, 3.05) is 6.61 Å². The molecule has 0 aromatic carbocycles. The van der Waals surface area contributed by atoms with Crippen molar-refractivity contribution in [3.8, 4) is 0 Å². The van der Waals surface area contributed by atoms with Crippen molar-refractivity contribution in [2.24, 2.45) is 0 Å². The lowest BCUT2D eigenvalue weighted by molar-refractivity contribution is 0.294. The van der Waals surface area contributed by atoms with Crippen LogP contribution in [0, 0.1) is 0 Å². The van der Waals surface area contributed by atoms with Gasteiger partial charge in [0.15, 0.2) is 0 Å². The molecule has 0 heterocycles. The highest BCUT2D eigenvalue weighted by atomic mass is 29.3. The molecule has 0 aliphatic rings. The third kappa shape index (κ3) is 2.88. The topological polar surface area (TPSA) is 20.2 Å². The van der Waals surface area contributed by atoms with Crippen LogP contribution in [0.25, 0.3) is 0 Å². The van der Waals surface area contributed by atoms with E-state index >= 15 is 0 Å². The first-order valence-electron chi connectivity index (χ1n) is 4.62. The van der Waals surface area contributed by atoms with Crippen LogP contribution in [0.2, 0.25) is 32.2 Å². The molecule has 3 heteroatoms. The van der Waals surface area contributed by atoms with Crippen molar-refractivity contribution in [3.63, 3.8) is 0 Å². The van der Waals surface area contributed by atoms with Crippen LogP contribution >= 0.6 is 0 Å². The quantitative estimate of drug-likeness (QED) is 0.680. The molecule has 0 amide bonds. The molecule has 0 spiro atoms. The standard InChI is InChI=1S/C9H22OSi2/c1-6-11(2,3)12(4,5)9-7-8-10/h6,10H,1,7-9H2,2-5H3. The Kier molecular flexibility index (Phi) is 4.44. The second-order valence-corrected chi connectivity index (χ2v) is 20.7. The highest BCUT2D eigenvalue weighted by molar-refractivity contribution is 7.42. The molecule has 0 atom stereocenters. The normalized spacial score (nSPS) is 13.1. The van der Waals surface area contributed by atoms with Gasteiger partial charge in [-0.05, 0) is 6.42 Å². The Morgan fingerprint density at radius 2 is 1.75 bits per heavy atom. The van der Waals surface area contributed by atoms with Gasteiger partial charge in [-0.25, -0.2) is 0 Å². The van der Waals surface area contributed by atoms with E-state index in [1.54, 1.807) is 0 Å². The Morgan fingerprint density at radius 3 is 2.08 bits per heavy atom. The van der Waals surface area contributed by atoms with Gasteiger partial charge in [-0.1, -0.05) is 32.2 Å². The lowest BCUT2D eigenvalue weighted by Gasteiger charge is -2.35. The molecule has 1 nitrogen and oxygen atoms in total. The maximum Gasteiger partial charge on any atom is 0.0640 e. The Morgan fingerprint density at radius 1 is 1.25 bits per heavy atom. The molecular formula is C9H22OSi2. The van der Waals surface area contributed by atoms with Crippen LogP contribution in [0.4, 0.5) is 0 Å². The van der Waals surface area contributed by atoms with Crippen LogP contribution in [0.15, 0.2) is 12.3 Å². The smallest absolute Gasteiger partial charge is 0.0640 e. The molecule has 1 N–H and O–H groups in total. The summed E-state index contributed by atoms with van der Waals surface area (Å²) in [7, 11) is -2.24. The van der Waals surface area contributed by atoms with Crippen LogP contribution in [0.1, 0.15) is 6.42 Å². The first-order valence-corrected chi connectivity index (χ1v) is 11.9. The molecule has 0 bridgehead atoms. The van der Waals surface area contributed by atoms with E-state index in [4.69, 9.17) is 5.11 Å². The summed E-state index contributed by atoms with van der Waals surface area (Å²) in [6.07, 6.45) is 0.976. The minimum Gasteiger partial charge on any atom is -0.396 e. The number of hydrogen-bond donors (Lipinski definition) is 1. The second kappa shape index (κ2) is 4.39. The van der Waals surface area contributed by atoms with Gasteiger partial charge in [0.05, 0.1) is 7.59 Å². The number of hydrogen-bond acceptors (Lipinski definition) is 1. The number of rotatable bonds is 5. The van der Waals surface area contributed by atoms with E-state index < -0.39 is 15.2 Å². The zero-order valence-corrected chi connectivity index (χ0v) is 10.9. The van der Waals surface area contributed by atoms with Crippen molar-refractivity contribution in [3.05, 3.63) is 12.3 Å². The van der Waals surface area contributed by atoms with Gasteiger partial charge in [0, 0.05) is 14.2 Å². The summed E-state index contributed by atoms with van der Waals surface area (Å²) in [4.78, 5) is 0. The zero-order valence-electron chi connectivity index (χ0n) is 8.85. The molecule has 12 heavy (non-hydrogen) atoms. The minimum atomic E-state index is -1.15. The van der Waals surface area contributed by atoms with Gasteiger partial charge >= 0.3 is 0 Å². The van der Waals surface area contributed by atoms with Crippen molar-refractivity contribution in [2.45, 2.75) is 38.7 Å². The minimum absolute atomic E-state index is 0.345. The second-order valence-electron chi connectivity index (χ2n) is 4.64. The molecule has 0 aromatic heterocycles. The predicted molar refractivity (Wildman–Crippen MR) is 61.7 cm³/mol. The van der Waals surface area contributed by atoms with Gasteiger partial charge < -0.3 is 5.11 Å². The summed E-state index contributed by atoms with van der Waals surface area (Å²) in [6, 6.07) is 1.24. The van der Waals surface area contributed by atoms with Gasteiger partial charge in [0.2, 0.25) is 0 Å². The summed E-state index contributed by atoms with van der Waals surface area (Å²) in [6.45, 7) is 13.9. The van der Waals surface area contributed by atoms with E-state index in [2.05, 4.69) is 38.5 Å². The van der Waals surface area contributed by atoms with Gasteiger partial charge in [-0.2, -0.15) is 0 Å². The van der Waals surface area contributed by atoms with E-state index in [0.717, 1.165) is 6.42 Å². The highest BCUT2D eigenvalue weighted by Crippen LogP contribution is 2.24. The molecular weight excluding hydrogens is 180 g/mol. The molecule has 0 aliphatic carbocycles. The van der Waals surface area contributed by atoms with Crippen molar-refractivity contribution in [1.29, 1.82) is 0 Å². The van der Waals surface area contributed by atoms with Crippen molar-refractivity contribution >= 4 is 15.2 Å². The summed E-state index contributed by atoms with van der Waals surface area (Å²) in [5.41, 5.74) is 2.20. The molecule has 0 saturated carbocycles. The fourth-order valence-electron chi connectivity index (χ4n) is 1.12. The van der Waals surface area contributed by atoms with Crippen LogP contribution in [0.3, 0.4) is 0 Å². The largest absolute Gasteiger partial charge is 0.396 e. The van der Waals surface area contributed by atoms with E-state index in [1.165, 1.54) is 6.04 Å². The van der Waals surface area contributed by atoms with Gasteiger partial charge in [0.1, 0.15) is 0 Å². The third-order valence-corrected chi connectivity index (χ3v) is 21.2. The van der Waals surface area contributed by atoms with E-state index in [9.17, 15) is 0 Å². The van der Waals surface area contributed by atoms with E-state index in [-0.39, 0.29) is 0 Å². The van der Waals surface area contributed by atoms with Crippen molar-refractivity contribution < 1.29 is 5.11 Å². The lowest BCUT2D eigenvalue weighted by Crippen LogP contribution is -2.53. The molecule has 0 rings (SSSR count). The predicted octanol–water partition coefficient (Wildman–Crippen LogP) is 2.59. The van der Waals surface area contributed by atoms with Crippen LogP contribution in [-0.4, -0.2) is 26.9 Å². The average Bonchev–Trinajstić information content (AvgIpc) is 2.00. The Hall–Kier alpha value is 0.134. The Bertz CT molecular complexity index is 153. The molecule has 72 valence electrons. The SMILES string of the molecule is C=C[Si](C)(C)[Si](C)(C)CCCO. The van der Waals surface area contributed by atoms with Gasteiger partial charge in [-0.3, -0.25) is 0 Å². The van der Waals surface area contributed by atoms with E-state index in [1.807, 2.05) is 0 Å². The molecule has 0 radical (unpaired) electrons. The van der Waals surface area contributed by atoms with E-state index in [0.29, 0.717) is 6.61 Å². The Labute approximate surface area is 78.3 Å². The highest BCUT2D eigenvalue weighted by Gasteiger charge is 2.37. The van der Waals surface area contributed by atoms with Crippen molar-refractivity contribution in [1.82, 2.24) is 0 Å². The lowest BCUT2D eigenvalue weighted by atomic mass is 10.5. The van der Waals surface area contributed by atoms with Crippen LogP contribution in [0.5, 0.6) is 0 Å². The maximum absolute atomic E-state index is 8.78. The monoisotopic (exact) mass is 202 g/mol. The molecule has 0 unspecified atom stereocenters. The zero-order chi connectivity index (χ0) is 9.83. The number of aliphatic hydroxyl groups is 1. The third-order valence-electron chi connectivity index (χ3n) is 3.21. The maximum atomic E-state index is 8.78. The molecule has 0 fully saturated rings. The first kappa shape index (κ1) is 12.1. The molecule has 0 aliphatic heterocycles. The van der Waals surface area contributed by atoms with Crippen LogP contribution in [-0.2, 0) is 0 Å². The molecule has 0 aromatic rings. The average molecular weight is 202 g/mol. The summed E-state index contributed by atoms with van der Waals surface area (Å²) in [5.74, 6) is 0. The fraction of sp³-hybridized carbons (Fsp3) is 0.778. The van der Waals surface area contributed by atoms with Gasteiger partial charge in [-0.15, -0.1) is 12.3 Å². The summed E-state index contributed by atoms with van der Waals surface area (Å²) < 4.78 is 0.